The van der Waals surface area contributed by atoms with Crippen LogP contribution in [-0.2, 0) is 0 Å². The van der Waals surface area contributed by atoms with Crippen LogP contribution >= 0.6 is 20.2 Å². The van der Waals surface area contributed by atoms with Crippen LogP contribution in [0.2, 0.25) is 5.02 Å². The van der Waals surface area contributed by atoms with Crippen molar-refractivity contribution in [2.24, 2.45) is 0 Å². The van der Waals surface area contributed by atoms with Crippen molar-refractivity contribution >= 4 is 49.9 Å². The first-order valence-corrected chi connectivity index (χ1v) is 10.0. The molecule has 2 aromatic rings. The summed E-state index contributed by atoms with van der Waals surface area (Å²) in [5.74, 6) is 1.90. The second-order valence-electron chi connectivity index (χ2n) is 5.63. The molecule has 0 aliphatic rings. The Morgan fingerprint density at radius 1 is 1.04 bits per heavy atom. The van der Waals surface area contributed by atoms with Gasteiger partial charge in [0.2, 0.25) is 0 Å². The van der Waals surface area contributed by atoms with Gasteiger partial charge in [0.15, 0.2) is 5.52 Å². The first kappa shape index (κ1) is 23.9. The molecule has 0 fully saturated rings. The van der Waals surface area contributed by atoms with Gasteiger partial charge < -0.3 is 14.2 Å². The third-order valence-electron chi connectivity index (χ3n) is 3.56. The molecule has 1 atom stereocenters. The van der Waals surface area contributed by atoms with Gasteiger partial charge in [-0.2, -0.15) is 0 Å². The molecule has 0 aliphatic carbocycles. The third-order valence-corrected chi connectivity index (χ3v) is 5.03. The van der Waals surface area contributed by atoms with Gasteiger partial charge in [-0.3, -0.25) is 4.79 Å². The van der Waals surface area contributed by atoms with E-state index < -0.39 is 0 Å². The zero-order valence-electron chi connectivity index (χ0n) is 16.3. The number of ether oxygens (including phenoxy) is 3. The first-order valence-electron chi connectivity index (χ1n) is 8.64. The topological polar surface area (TPSA) is 44.8 Å². The molecule has 0 heterocycles. The molecule has 0 aromatic heterocycles. The maximum Gasteiger partial charge on any atom is 0.190 e. The van der Waals surface area contributed by atoms with Crippen molar-refractivity contribution in [2.45, 2.75) is 26.7 Å². The zero-order valence-corrected chi connectivity index (χ0v) is 18.1. The van der Waals surface area contributed by atoms with Gasteiger partial charge >= 0.3 is 0 Å². The molecule has 141 valence electrons. The summed E-state index contributed by atoms with van der Waals surface area (Å²) < 4.78 is 16.8. The summed E-state index contributed by atoms with van der Waals surface area (Å²) in [5.41, 5.74) is 0.318. The van der Waals surface area contributed by atoms with Crippen molar-refractivity contribution in [3.63, 3.8) is 0 Å². The van der Waals surface area contributed by atoms with E-state index in [-0.39, 0.29) is 33.0 Å². The predicted molar refractivity (Wildman–Crippen MR) is 114 cm³/mol. The Hall–Kier alpha value is -1.17. The van der Waals surface area contributed by atoms with Crippen LogP contribution in [0, 0.1) is 0 Å². The Bertz CT molecular complexity index is 755. The summed E-state index contributed by atoms with van der Waals surface area (Å²) in [6.45, 7) is 5.32. The van der Waals surface area contributed by atoms with Crippen LogP contribution in [-0.4, -0.2) is 44.7 Å². The molecule has 0 N–H and O–H groups in total. The van der Waals surface area contributed by atoms with Gasteiger partial charge in [0.05, 0.1) is 30.9 Å². The smallest absolute Gasteiger partial charge is 0.190 e. The van der Waals surface area contributed by atoms with Crippen molar-refractivity contribution in [1.82, 2.24) is 0 Å². The van der Waals surface area contributed by atoms with E-state index in [1.54, 1.807) is 18.2 Å². The minimum absolute atomic E-state index is 0. The van der Waals surface area contributed by atoms with Gasteiger partial charge in [0.1, 0.15) is 17.2 Å². The predicted octanol–water partition coefficient (Wildman–Crippen LogP) is 4.69. The first-order chi connectivity index (χ1) is 12.6. The van der Waals surface area contributed by atoms with E-state index in [9.17, 15) is 4.79 Å². The zero-order chi connectivity index (χ0) is 18.9. The molecule has 0 spiro atoms. The SMILES string of the molecule is CCCOc1ccc(PC(=O)c2c(Cl)cccc2OC)c(OCCC)c1.[Li]. The molecule has 0 saturated heterocycles. The molecule has 0 saturated carbocycles. The molecule has 0 amide bonds. The van der Waals surface area contributed by atoms with E-state index >= 15 is 0 Å². The molecular weight excluding hydrogens is 378 g/mol. The van der Waals surface area contributed by atoms with Gasteiger partial charge in [0.25, 0.3) is 0 Å². The van der Waals surface area contributed by atoms with Crippen LogP contribution in [0.5, 0.6) is 17.2 Å². The van der Waals surface area contributed by atoms with E-state index in [1.807, 2.05) is 25.1 Å². The van der Waals surface area contributed by atoms with E-state index in [2.05, 4.69) is 6.92 Å². The molecule has 1 unspecified atom stereocenters. The minimum Gasteiger partial charge on any atom is -0.496 e. The number of methoxy groups -OCH3 is 1. The molecule has 2 aromatic carbocycles. The Kier molecular flexibility index (Phi) is 10.9. The maximum absolute atomic E-state index is 12.9. The molecule has 1 radical (unpaired) electrons. The largest absolute Gasteiger partial charge is 0.496 e. The van der Waals surface area contributed by atoms with Crippen molar-refractivity contribution in [1.29, 1.82) is 0 Å². The quantitative estimate of drug-likeness (QED) is 0.428. The summed E-state index contributed by atoms with van der Waals surface area (Å²) >= 11 is 6.23. The number of halogens is 1. The second-order valence-corrected chi connectivity index (χ2v) is 7.28. The molecule has 0 aliphatic heterocycles. The molecule has 27 heavy (non-hydrogen) atoms. The Balaban J connectivity index is 0.00000364. The Labute approximate surface area is 179 Å². The second kappa shape index (κ2) is 12.3. The summed E-state index contributed by atoms with van der Waals surface area (Å²) in [6, 6.07) is 10.8. The summed E-state index contributed by atoms with van der Waals surface area (Å²) in [6.07, 6.45) is 1.81. The third kappa shape index (κ3) is 6.74. The Morgan fingerprint density at radius 3 is 2.41 bits per heavy atom. The fourth-order valence-electron chi connectivity index (χ4n) is 2.33. The summed E-state index contributed by atoms with van der Waals surface area (Å²) in [5, 5.41) is 1.22. The average molecular weight is 402 g/mol. The number of hydrogen-bond acceptors (Lipinski definition) is 4. The van der Waals surface area contributed by atoms with Crippen molar-refractivity contribution in [3.8, 4) is 17.2 Å². The van der Waals surface area contributed by atoms with Gasteiger partial charge in [-0.25, -0.2) is 0 Å². The van der Waals surface area contributed by atoms with E-state index in [0.717, 1.165) is 23.9 Å². The summed E-state index contributed by atoms with van der Waals surface area (Å²) in [4.78, 5) is 12.9. The number of rotatable bonds is 10. The average Bonchev–Trinajstić information content (AvgIpc) is 2.65. The fraction of sp³-hybridized carbons (Fsp3) is 0.350. The molecule has 7 heteroatoms. The molecule has 2 rings (SSSR count). The van der Waals surface area contributed by atoms with Crippen LogP contribution in [0.3, 0.4) is 0 Å². The van der Waals surface area contributed by atoms with Crippen LogP contribution in [0.15, 0.2) is 36.4 Å². The number of carbonyl (C=O) groups is 1. The maximum atomic E-state index is 12.9. The van der Waals surface area contributed by atoms with Crippen molar-refractivity contribution < 1.29 is 19.0 Å². The van der Waals surface area contributed by atoms with Crippen molar-refractivity contribution in [2.75, 3.05) is 20.3 Å². The van der Waals surface area contributed by atoms with Gasteiger partial charge in [-0.15, -0.1) is 0 Å². The van der Waals surface area contributed by atoms with E-state index in [1.165, 1.54) is 7.11 Å². The summed E-state index contributed by atoms with van der Waals surface area (Å²) in [7, 11) is 1.41. The number of hydrogen-bond donors (Lipinski definition) is 0. The van der Waals surface area contributed by atoms with Crippen LogP contribution in [0.4, 0.5) is 0 Å². The fourth-order valence-corrected chi connectivity index (χ4v) is 3.72. The van der Waals surface area contributed by atoms with Crippen LogP contribution in [0.25, 0.3) is 0 Å². The molecule has 0 bridgehead atoms. The van der Waals surface area contributed by atoms with Crippen LogP contribution < -0.4 is 19.5 Å². The molecular formula is C20H24ClLiO4P. The number of carbonyl (C=O) groups excluding carboxylic acids is 1. The standard InChI is InChI=1S/C20H24ClO4P.Li/c1-4-11-24-14-9-10-18(17(13-14)25-12-5-2)26-20(22)19-15(21)7-6-8-16(19)23-3;/h6-10,13,26H,4-5,11-12H2,1-3H3;. The Morgan fingerprint density at radius 2 is 1.74 bits per heavy atom. The van der Waals surface area contributed by atoms with E-state index in [4.69, 9.17) is 25.8 Å². The monoisotopic (exact) mass is 401 g/mol. The van der Waals surface area contributed by atoms with Crippen molar-refractivity contribution in [3.05, 3.63) is 47.0 Å². The number of benzene rings is 2. The van der Waals surface area contributed by atoms with Gasteiger partial charge in [-0.1, -0.05) is 31.5 Å². The van der Waals surface area contributed by atoms with Crippen LogP contribution in [0.1, 0.15) is 37.0 Å². The van der Waals surface area contributed by atoms with Gasteiger partial charge in [0, 0.05) is 30.2 Å². The minimum atomic E-state index is -0.124. The van der Waals surface area contributed by atoms with E-state index in [0.29, 0.717) is 35.3 Å². The molecule has 4 nitrogen and oxygen atoms in total. The van der Waals surface area contributed by atoms with Gasteiger partial charge in [-0.05, 0) is 45.7 Å². The normalized spacial score (nSPS) is 10.5.